The van der Waals surface area contributed by atoms with E-state index in [-0.39, 0.29) is 51.5 Å². The third-order valence-electron chi connectivity index (χ3n) is 17.7. The first-order chi connectivity index (χ1) is 40.0. The summed E-state index contributed by atoms with van der Waals surface area (Å²) in [5.41, 5.74) is 19.5. The number of ether oxygens (including phenoxy) is 6. The molecule has 0 atom stereocenters. The fourth-order valence-electron chi connectivity index (χ4n) is 12.6. The second kappa shape index (κ2) is 23.5. The van der Waals surface area contributed by atoms with E-state index in [9.17, 15) is 4.79 Å². The highest BCUT2D eigenvalue weighted by Gasteiger charge is 2.32. The summed E-state index contributed by atoms with van der Waals surface area (Å²) in [6.07, 6.45) is 6.36. The minimum Gasteiger partial charge on any atom is -0.496 e. The zero-order valence-electron chi connectivity index (χ0n) is 56.0. The molecule has 0 aromatic heterocycles. The Kier molecular flexibility index (Phi) is 17.4. The lowest BCUT2D eigenvalue weighted by molar-refractivity contribution is -0.110. The van der Waals surface area contributed by atoms with Crippen LogP contribution in [0, 0.1) is 0 Å². The van der Waals surface area contributed by atoms with Crippen LogP contribution < -0.4 is 28.4 Å². The molecular formula is C78H96O7S. The molecule has 6 aromatic rings. The molecule has 0 fully saturated rings. The number of hydrogen-bond donors (Lipinski definition) is 0. The number of rotatable bonds is 4. The Bertz CT molecular complexity index is 3300. The monoisotopic (exact) mass is 1180 g/mol. The summed E-state index contributed by atoms with van der Waals surface area (Å²) in [5, 5.41) is 0. The van der Waals surface area contributed by atoms with Crippen molar-refractivity contribution in [3.05, 3.63) is 196 Å². The Morgan fingerprint density at radius 1 is 0.314 bits per heavy atom. The minimum atomic E-state index is -0.256. The molecule has 1 aliphatic carbocycles. The molecule has 0 spiro atoms. The van der Waals surface area contributed by atoms with Crippen molar-refractivity contribution < 1.29 is 33.2 Å². The largest absolute Gasteiger partial charge is 0.496 e. The second-order valence-corrected chi connectivity index (χ2v) is 31.2. The molecule has 7 nitrogen and oxygen atoms in total. The number of methoxy groups -OCH3 is 4. The van der Waals surface area contributed by atoms with Crippen LogP contribution in [0.15, 0.2) is 96.1 Å². The Balaban J connectivity index is 1.50. The first-order valence-electron chi connectivity index (χ1n) is 30.9. The van der Waals surface area contributed by atoms with Gasteiger partial charge < -0.3 is 28.4 Å². The summed E-state index contributed by atoms with van der Waals surface area (Å²) in [4.78, 5) is 14.8. The molecule has 9 rings (SSSR count). The summed E-state index contributed by atoms with van der Waals surface area (Å²) in [6, 6.07) is 28.0. The zero-order valence-corrected chi connectivity index (χ0v) is 56.8. The van der Waals surface area contributed by atoms with E-state index >= 15 is 0 Å². The smallest absolute Gasteiger partial charge is 0.179 e. The van der Waals surface area contributed by atoms with Crippen molar-refractivity contribution in [2.75, 3.05) is 41.7 Å². The third-order valence-corrected chi connectivity index (χ3v) is 18.2. The van der Waals surface area contributed by atoms with Gasteiger partial charge in [-0.05, 0) is 145 Å². The van der Waals surface area contributed by atoms with Crippen molar-refractivity contribution in [3.63, 3.8) is 0 Å². The van der Waals surface area contributed by atoms with Gasteiger partial charge in [0.2, 0.25) is 0 Å². The van der Waals surface area contributed by atoms with E-state index in [1.807, 2.05) is 0 Å². The quantitative estimate of drug-likeness (QED) is 0.161. The number of hydrogen-bond acceptors (Lipinski definition) is 8. The van der Waals surface area contributed by atoms with Crippen LogP contribution in [0.4, 0.5) is 0 Å². The fraction of sp³-hybridized carbons (Fsp3) is 0.462. The van der Waals surface area contributed by atoms with Crippen molar-refractivity contribution in [1.82, 2.24) is 0 Å². The molecule has 0 saturated heterocycles. The first kappa shape index (κ1) is 63.9. The fourth-order valence-corrected chi connectivity index (χ4v) is 12.8. The zero-order chi connectivity index (χ0) is 63.0. The lowest BCUT2D eigenvalue weighted by atomic mass is 9.79. The van der Waals surface area contributed by atoms with Crippen LogP contribution in [0.3, 0.4) is 0 Å². The van der Waals surface area contributed by atoms with Gasteiger partial charge in [0.15, 0.2) is 5.78 Å². The van der Waals surface area contributed by atoms with E-state index < -0.39 is 0 Å². The van der Waals surface area contributed by atoms with Crippen LogP contribution >= 0.6 is 12.2 Å². The number of benzene rings is 6. The maximum absolute atomic E-state index is 14.2. The highest BCUT2D eigenvalue weighted by Crippen LogP contribution is 2.46. The summed E-state index contributed by atoms with van der Waals surface area (Å²) >= 11 is 6.48. The van der Waals surface area contributed by atoms with Crippen molar-refractivity contribution in [2.45, 2.75) is 196 Å². The van der Waals surface area contributed by atoms with Crippen LogP contribution in [0.1, 0.15) is 225 Å². The third kappa shape index (κ3) is 13.4. The maximum Gasteiger partial charge on any atom is 0.179 e. The van der Waals surface area contributed by atoms with Crippen molar-refractivity contribution >= 4 is 22.9 Å². The van der Waals surface area contributed by atoms with Gasteiger partial charge in [-0.15, -0.1) is 0 Å². The number of thiocarbonyl (C=S) groups is 1. The molecule has 456 valence electrons. The number of fused-ring (bicyclic) bond motifs is 10. The molecule has 3 aliphatic rings. The number of ketones is 1. The summed E-state index contributed by atoms with van der Waals surface area (Å²) in [7, 11) is 7.21. The number of carbonyl (C=O) groups is 1. The molecule has 0 unspecified atom stereocenters. The van der Waals surface area contributed by atoms with Gasteiger partial charge in [0.05, 0.1) is 33.3 Å². The molecule has 86 heavy (non-hydrogen) atoms. The number of carbonyl (C=O) groups excluding carboxylic acids is 1. The van der Waals surface area contributed by atoms with E-state index in [2.05, 4.69) is 197 Å². The Labute approximate surface area is 521 Å². The predicted molar refractivity (Wildman–Crippen MR) is 359 cm³/mol. The minimum absolute atomic E-state index is 0.0670. The first-order valence-corrected chi connectivity index (χ1v) is 31.3. The van der Waals surface area contributed by atoms with Crippen molar-refractivity contribution in [1.29, 1.82) is 0 Å². The summed E-state index contributed by atoms with van der Waals surface area (Å²) in [6.45, 7) is 41.2. The van der Waals surface area contributed by atoms with Crippen LogP contribution in [0.2, 0.25) is 0 Å². The van der Waals surface area contributed by atoms with Gasteiger partial charge in [-0.25, -0.2) is 0 Å². The molecule has 2 heterocycles. The van der Waals surface area contributed by atoms with Crippen LogP contribution in [0.25, 0.3) is 0 Å². The molecule has 0 saturated carbocycles. The summed E-state index contributed by atoms with van der Waals surface area (Å²) in [5.74, 6) is 4.62. The predicted octanol–water partition coefficient (Wildman–Crippen LogP) is 17.9. The van der Waals surface area contributed by atoms with E-state index in [1.165, 1.54) is 33.4 Å². The maximum atomic E-state index is 14.2. The average molecular weight is 1180 g/mol. The van der Waals surface area contributed by atoms with Gasteiger partial charge in [0.25, 0.3) is 0 Å². The van der Waals surface area contributed by atoms with Gasteiger partial charge in [-0.3, -0.25) is 4.79 Å². The van der Waals surface area contributed by atoms with Crippen LogP contribution in [-0.4, -0.2) is 52.3 Å². The highest BCUT2D eigenvalue weighted by molar-refractivity contribution is 7.81. The van der Waals surface area contributed by atoms with Crippen LogP contribution in [-0.2, 0) is 75.8 Å². The van der Waals surface area contributed by atoms with Gasteiger partial charge in [-0.1, -0.05) is 210 Å². The lowest BCUT2D eigenvalue weighted by Gasteiger charge is -2.29. The summed E-state index contributed by atoms with van der Waals surface area (Å²) < 4.78 is 41.7. The normalized spacial score (nSPS) is 15.3. The molecule has 0 N–H and O–H groups in total. The molecular weight excluding hydrogens is 1080 g/mol. The molecule has 0 radical (unpaired) electrons. The van der Waals surface area contributed by atoms with E-state index in [1.54, 1.807) is 40.6 Å². The van der Waals surface area contributed by atoms with Gasteiger partial charge in [-0.2, -0.15) is 0 Å². The van der Waals surface area contributed by atoms with Gasteiger partial charge in [0, 0.05) is 49.7 Å². The standard InChI is InChI=1S/C78H96O7S/c1-73(2,3)59-29-45-23-46-30-60(74(4,5)6)34-50(67(46)81-20)26-55-39-64(78(16,17)18)40-56-28-52-36-62(76(10,11)12)32-48(69(52)83-22)24-47-31-61(75(7,8)9)35-51(68(47)82-21)27-54-38-63(77(13,14)15)37-53(25-49(33-59)66(45)80-19)70(54)84-43-57-41-65(79)42-58(72(57)86)44-85-71(55)56/h29-42H,23-28,43-44H2,1-22H3. The molecule has 2 aliphatic heterocycles. The molecule has 8 heteroatoms. The number of allylic oxidation sites excluding steroid dienone is 2. The molecule has 12 bridgehead atoms. The van der Waals surface area contributed by atoms with Crippen LogP contribution in [0.5, 0.6) is 34.5 Å². The second-order valence-electron chi connectivity index (χ2n) is 30.8. The molecule has 6 aromatic carbocycles. The van der Waals surface area contributed by atoms with Gasteiger partial charge >= 0.3 is 0 Å². The topological polar surface area (TPSA) is 72.5 Å². The SMILES string of the molecule is COc1c2cc(C(C)(C)C)cc1Cc1cc(C(C)(C)C)cc3c1OCC1=CC(=O)C=C(COc4c(cc(C(C)(C)C)cc4Cc4cc(C(C)(C)C)cc(c4OC)Cc4cc(C(C)(C)C)cc(c4OC)C3)Cc3cc(C(C)(C)C)cc(c3OC)C2)C1=S. The van der Waals surface area contributed by atoms with E-state index in [0.717, 1.165) is 101 Å². The van der Waals surface area contributed by atoms with E-state index in [4.69, 9.17) is 40.6 Å². The molecule has 0 amide bonds. The Hall–Kier alpha value is -6.64. The average Bonchev–Trinajstić information content (AvgIpc) is 3.06. The van der Waals surface area contributed by atoms with Gasteiger partial charge in [0.1, 0.15) is 47.7 Å². The lowest BCUT2D eigenvalue weighted by Crippen LogP contribution is -2.23. The van der Waals surface area contributed by atoms with E-state index in [0.29, 0.717) is 54.5 Å². The highest BCUT2D eigenvalue weighted by atomic mass is 32.1. The Morgan fingerprint density at radius 2 is 0.488 bits per heavy atom. The Morgan fingerprint density at radius 3 is 0.663 bits per heavy atom. The van der Waals surface area contributed by atoms with Crippen molar-refractivity contribution in [3.8, 4) is 34.5 Å². The van der Waals surface area contributed by atoms with Crippen molar-refractivity contribution in [2.24, 2.45) is 0 Å².